The number of aryl methyl sites for hydroxylation is 2. The zero-order valence-electron chi connectivity index (χ0n) is 10.9. The first kappa shape index (κ1) is 11.9. The Morgan fingerprint density at radius 1 is 1.35 bits per heavy atom. The van der Waals surface area contributed by atoms with E-state index < -0.39 is 0 Å². The van der Waals surface area contributed by atoms with Gasteiger partial charge in [0.15, 0.2) is 0 Å². The second kappa shape index (κ2) is 4.73. The van der Waals surface area contributed by atoms with E-state index in [-0.39, 0.29) is 0 Å². The standard InChI is InChI=1S/C11H13N3O.C2H6/c1-7-10(9-5-14(2)6-12-9)11(15-13-7)8-3-4-8;1-2/h5-6,8H,3-4H2,1-2H3;1-2H3. The predicted molar refractivity (Wildman–Crippen MR) is 66.8 cm³/mol. The summed E-state index contributed by atoms with van der Waals surface area (Å²) in [6.45, 7) is 5.97. The molecule has 0 atom stereocenters. The smallest absolute Gasteiger partial charge is 0.149 e. The van der Waals surface area contributed by atoms with Crippen molar-refractivity contribution in [2.45, 2.75) is 39.5 Å². The van der Waals surface area contributed by atoms with Crippen molar-refractivity contribution in [3.05, 3.63) is 24.0 Å². The monoisotopic (exact) mass is 233 g/mol. The molecule has 0 bridgehead atoms. The fourth-order valence-corrected chi connectivity index (χ4v) is 1.86. The molecule has 0 radical (unpaired) electrons. The van der Waals surface area contributed by atoms with E-state index in [0.717, 1.165) is 22.7 Å². The minimum absolute atomic E-state index is 0.572. The first-order valence-electron chi connectivity index (χ1n) is 6.20. The molecule has 1 aliphatic carbocycles. The molecule has 4 nitrogen and oxygen atoms in total. The Hall–Kier alpha value is -1.58. The van der Waals surface area contributed by atoms with E-state index in [1.165, 1.54) is 12.8 Å². The maximum absolute atomic E-state index is 5.38. The lowest BCUT2D eigenvalue weighted by atomic mass is 10.1. The molecule has 0 amide bonds. The Bertz CT molecular complexity index is 494. The van der Waals surface area contributed by atoms with Gasteiger partial charge >= 0.3 is 0 Å². The fraction of sp³-hybridized carbons (Fsp3) is 0.538. The predicted octanol–water partition coefficient (Wildman–Crippen LogP) is 3.29. The van der Waals surface area contributed by atoms with Crippen LogP contribution in [0.15, 0.2) is 17.0 Å². The lowest BCUT2D eigenvalue weighted by Gasteiger charge is -1.95. The van der Waals surface area contributed by atoms with Crippen molar-refractivity contribution in [2.24, 2.45) is 7.05 Å². The molecule has 1 fully saturated rings. The molecular formula is C13H19N3O. The number of hydrogen-bond donors (Lipinski definition) is 0. The highest BCUT2D eigenvalue weighted by atomic mass is 16.5. The van der Waals surface area contributed by atoms with Crippen LogP contribution in [0, 0.1) is 6.92 Å². The summed E-state index contributed by atoms with van der Waals surface area (Å²) in [6, 6.07) is 0. The maximum Gasteiger partial charge on any atom is 0.149 e. The first-order chi connectivity index (χ1) is 8.25. The largest absolute Gasteiger partial charge is 0.360 e. The number of aromatic nitrogens is 3. The van der Waals surface area contributed by atoms with Gasteiger partial charge in [0.1, 0.15) is 5.76 Å². The van der Waals surface area contributed by atoms with E-state index in [0.29, 0.717) is 5.92 Å². The van der Waals surface area contributed by atoms with Crippen LogP contribution in [0.4, 0.5) is 0 Å². The maximum atomic E-state index is 5.38. The molecule has 0 aliphatic heterocycles. The Morgan fingerprint density at radius 2 is 2.06 bits per heavy atom. The van der Waals surface area contributed by atoms with Crippen LogP contribution in [-0.4, -0.2) is 14.7 Å². The summed E-state index contributed by atoms with van der Waals surface area (Å²) in [4.78, 5) is 4.35. The number of hydrogen-bond acceptors (Lipinski definition) is 3. The van der Waals surface area contributed by atoms with Crippen molar-refractivity contribution in [2.75, 3.05) is 0 Å². The molecule has 2 aromatic heterocycles. The molecule has 2 aromatic rings. The quantitative estimate of drug-likeness (QED) is 0.799. The third-order valence-corrected chi connectivity index (χ3v) is 2.80. The second-order valence-corrected chi connectivity index (χ2v) is 4.21. The van der Waals surface area contributed by atoms with Crippen molar-refractivity contribution in [3.63, 3.8) is 0 Å². The summed E-state index contributed by atoms with van der Waals surface area (Å²) in [5.41, 5.74) is 3.01. The van der Waals surface area contributed by atoms with Crippen LogP contribution >= 0.6 is 0 Å². The number of nitrogens with zero attached hydrogens (tertiary/aromatic N) is 3. The van der Waals surface area contributed by atoms with E-state index >= 15 is 0 Å². The molecule has 2 heterocycles. The third kappa shape index (κ3) is 2.25. The number of imidazole rings is 1. The highest BCUT2D eigenvalue weighted by Gasteiger charge is 2.32. The average Bonchev–Trinajstić information content (AvgIpc) is 2.99. The van der Waals surface area contributed by atoms with Gasteiger partial charge in [-0.1, -0.05) is 19.0 Å². The highest BCUT2D eigenvalue weighted by molar-refractivity contribution is 5.64. The summed E-state index contributed by atoms with van der Waals surface area (Å²) in [5, 5.41) is 4.04. The average molecular weight is 233 g/mol. The van der Waals surface area contributed by atoms with Gasteiger partial charge in [-0.05, 0) is 19.8 Å². The molecule has 0 unspecified atom stereocenters. The topological polar surface area (TPSA) is 43.9 Å². The van der Waals surface area contributed by atoms with Gasteiger partial charge in [0, 0.05) is 19.2 Å². The van der Waals surface area contributed by atoms with Gasteiger partial charge in [0.2, 0.25) is 0 Å². The Labute approximate surface area is 102 Å². The van der Waals surface area contributed by atoms with Crippen LogP contribution < -0.4 is 0 Å². The van der Waals surface area contributed by atoms with Crippen LogP contribution in [0.2, 0.25) is 0 Å². The fourth-order valence-electron chi connectivity index (χ4n) is 1.86. The Kier molecular flexibility index (Phi) is 3.31. The molecule has 0 N–H and O–H groups in total. The van der Waals surface area contributed by atoms with E-state index in [9.17, 15) is 0 Å². The van der Waals surface area contributed by atoms with Crippen LogP contribution in [0.3, 0.4) is 0 Å². The summed E-state index contributed by atoms with van der Waals surface area (Å²) < 4.78 is 7.33. The van der Waals surface area contributed by atoms with Gasteiger partial charge in [-0.3, -0.25) is 0 Å². The van der Waals surface area contributed by atoms with Crippen LogP contribution in [0.25, 0.3) is 11.3 Å². The molecule has 0 aromatic carbocycles. The van der Waals surface area contributed by atoms with Gasteiger partial charge in [-0.15, -0.1) is 0 Å². The minimum Gasteiger partial charge on any atom is -0.360 e. The van der Waals surface area contributed by atoms with Crippen LogP contribution in [0.5, 0.6) is 0 Å². The molecule has 0 saturated heterocycles. The third-order valence-electron chi connectivity index (χ3n) is 2.80. The Balaban J connectivity index is 0.000000514. The van der Waals surface area contributed by atoms with Crippen molar-refractivity contribution in [3.8, 4) is 11.3 Å². The normalized spacial score (nSPS) is 14.4. The van der Waals surface area contributed by atoms with E-state index in [1.807, 2.05) is 38.6 Å². The summed E-state index contributed by atoms with van der Waals surface area (Å²) >= 11 is 0. The SMILES string of the molecule is CC.Cc1noc(C2CC2)c1-c1cn(C)cn1. The summed E-state index contributed by atoms with van der Waals surface area (Å²) in [6.07, 6.45) is 6.24. The first-order valence-corrected chi connectivity index (χ1v) is 6.20. The van der Waals surface area contributed by atoms with Crippen molar-refractivity contribution in [1.82, 2.24) is 14.7 Å². The van der Waals surface area contributed by atoms with Gasteiger partial charge in [-0.25, -0.2) is 4.98 Å². The zero-order chi connectivity index (χ0) is 12.4. The lowest BCUT2D eigenvalue weighted by molar-refractivity contribution is 0.381. The van der Waals surface area contributed by atoms with Crippen molar-refractivity contribution >= 4 is 0 Å². The zero-order valence-corrected chi connectivity index (χ0v) is 10.9. The lowest BCUT2D eigenvalue weighted by Crippen LogP contribution is -1.84. The van der Waals surface area contributed by atoms with E-state index in [2.05, 4.69) is 10.1 Å². The molecule has 17 heavy (non-hydrogen) atoms. The second-order valence-electron chi connectivity index (χ2n) is 4.21. The molecule has 92 valence electrons. The van der Waals surface area contributed by atoms with Crippen molar-refractivity contribution < 1.29 is 4.52 Å². The summed E-state index contributed by atoms with van der Waals surface area (Å²) in [7, 11) is 1.97. The summed E-state index contributed by atoms with van der Waals surface area (Å²) in [5.74, 6) is 1.59. The molecule has 4 heteroatoms. The van der Waals surface area contributed by atoms with Gasteiger partial charge < -0.3 is 9.09 Å². The molecule has 0 spiro atoms. The van der Waals surface area contributed by atoms with Gasteiger partial charge in [0.25, 0.3) is 0 Å². The van der Waals surface area contributed by atoms with E-state index in [1.54, 1.807) is 6.33 Å². The molecule has 3 rings (SSSR count). The van der Waals surface area contributed by atoms with Gasteiger partial charge in [-0.2, -0.15) is 0 Å². The number of rotatable bonds is 2. The molecule has 1 saturated carbocycles. The van der Waals surface area contributed by atoms with Crippen molar-refractivity contribution in [1.29, 1.82) is 0 Å². The minimum atomic E-state index is 0.572. The highest BCUT2D eigenvalue weighted by Crippen LogP contribution is 2.45. The van der Waals surface area contributed by atoms with Crippen LogP contribution in [0.1, 0.15) is 44.1 Å². The van der Waals surface area contributed by atoms with Gasteiger partial charge in [0.05, 0.1) is 23.3 Å². The molecular weight excluding hydrogens is 214 g/mol. The molecule has 1 aliphatic rings. The van der Waals surface area contributed by atoms with Crippen LogP contribution in [-0.2, 0) is 7.05 Å². The Morgan fingerprint density at radius 3 is 2.59 bits per heavy atom. The van der Waals surface area contributed by atoms with E-state index in [4.69, 9.17) is 4.52 Å².